The van der Waals surface area contributed by atoms with Crippen LogP contribution >= 0.6 is 0 Å². The van der Waals surface area contributed by atoms with Crippen molar-refractivity contribution >= 4 is 17.5 Å². The fraction of sp³-hybridized carbons (Fsp3) is 0.222. The highest BCUT2D eigenvalue weighted by molar-refractivity contribution is 6.10. The first-order chi connectivity index (χ1) is 16.6. The quantitative estimate of drug-likeness (QED) is 0.566. The van der Waals surface area contributed by atoms with Crippen molar-refractivity contribution in [1.82, 2.24) is 15.0 Å². The minimum atomic E-state index is -0.527. The van der Waals surface area contributed by atoms with Gasteiger partial charge >= 0.3 is 0 Å². The molecule has 0 N–H and O–H groups in total. The summed E-state index contributed by atoms with van der Waals surface area (Å²) in [6, 6.07) is 24.5. The Morgan fingerprint density at radius 1 is 0.941 bits per heavy atom. The summed E-state index contributed by atoms with van der Waals surface area (Å²) < 4.78 is 6.10. The molecule has 0 saturated heterocycles. The minimum absolute atomic E-state index is 0.143. The van der Waals surface area contributed by atoms with Crippen LogP contribution in [0.15, 0.2) is 84.0 Å². The van der Waals surface area contributed by atoms with Crippen molar-refractivity contribution in [2.24, 2.45) is 5.10 Å². The van der Waals surface area contributed by atoms with Gasteiger partial charge in [0, 0.05) is 24.6 Å². The average molecular weight is 453 g/mol. The molecule has 2 atom stereocenters. The third-order valence-electron chi connectivity index (χ3n) is 6.67. The molecule has 0 saturated carbocycles. The van der Waals surface area contributed by atoms with E-state index in [0.717, 1.165) is 23.1 Å². The Bertz CT molecular complexity index is 1310. The Balaban J connectivity index is 1.58. The smallest absolute Gasteiger partial charge is 0.269 e. The number of hydrazine groups is 1. The number of carbonyl (C=O) groups is 2. The second-order valence-corrected chi connectivity index (χ2v) is 8.67. The molecule has 0 spiro atoms. The molecule has 0 unspecified atom stereocenters. The Kier molecular flexibility index (Phi) is 4.92. The SMILES string of the molecule is CC(=O)N1N=C2c3ccccc3OC[C@@H]2N(C(=O)c2ccccc2)N2CCc3ccccc3[C@H]12. The van der Waals surface area contributed by atoms with Crippen LogP contribution in [0.25, 0.3) is 0 Å². The van der Waals surface area contributed by atoms with Gasteiger partial charge in [-0.3, -0.25) is 14.6 Å². The third-order valence-corrected chi connectivity index (χ3v) is 6.67. The van der Waals surface area contributed by atoms with E-state index in [4.69, 9.17) is 9.84 Å². The maximum Gasteiger partial charge on any atom is 0.269 e. The van der Waals surface area contributed by atoms with Crippen molar-refractivity contribution in [2.75, 3.05) is 13.2 Å². The monoisotopic (exact) mass is 452 g/mol. The van der Waals surface area contributed by atoms with Crippen LogP contribution in [0.4, 0.5) is 0 Å². The first kappa shape index (κ1) is 20.6. The maximum atomic E-state index is 14.0. The molecule has 3 aliphatic rings. The summed E-state index contributed by atoms with van der Waals surface area (Å²) in [4.78, 5) is 27.0. The predicted octanol–water partition coefficient (Wildman–Crippen LogP) is 3.63. The molecule has 170 valence electrons. The van der Waals surface area contributed by atoms with E-state index < -0.39 is 12.2 Å². The van der Waals surface area contributed by atoms with Crippen molar-refractivity contribution in [3.05, 3.63) is 101 Å². The fourth-order valence-electron chi connectivity index (χ4n) is 5.12. The van der Waals surface area contributed by atoms with Gasteiger partial charge in [0.1, 0.15) is 18.4 Å². The highest BCUT2D eigenvalue weighted by Crippen LogP contribution is 2.40. The van der Waals surface area contributed by atoms with Crippen LogP contribution in [-0.2, 0) is 11.2 Å². The van der Waals surface area contributed by atoms with Crippen molar-refractivity contribution in [1.29, 1.82) is 0 Å². The first-order valence-electron chi connectivity index (χ1n) is 11.5. The predicted molar refractivity (Wildman–Crippen MR) is 127 cm³/mol. The molecule has 2 amide bonds. The molecule has 6 rings (SSSR count). The van der Waals surface area contributed by atoms with Crippen molar-refractivity contribution < 1.29 is 14.3 Å². The lowest BCUT2D eigenvalue weighted by Gasteiger charge is -2.46. The van der Waals surface area contributed by atoms with E-state index in [1.54, 1.807) is 5.01 Å². The van der Waals surface area contributed by atoms with E-state index in [-0.39, 0.29) is 18.4 Å². The molecule has 0 fully saturated rings. The maximum absolute atomic E-state index is 14.0. The van der Waals surface area contributed by atoms with E-state index in [2.05, 4.69) is 6.07 Å². The number of ether oxygens (including phenoxy) is 1. The average Bonchev–Trinajstić information content (AvgIpc) is 3.04. The van der Waals surface area contributed by atoms with Crippen LogP contribution in [0.2, 0.25) is 0 Å². The second kappa shape index (κ2) is 8.11. The number of hydrogen-bond donors (Lipinski definition) is 0. The van der Waals surface area contributed by atoms with E-state index in [1.165, 1.54) is 11.9 Å². The van der Waals surface area contributed by atoms with Gasteiger partial charge < -0.3 is 4.74 Å². The Morgan fingerprint density at radius 2 is 1.68 bits per heavy atom. The topological polar surface area (TPSA) is 65.5 Å². The van der Waals surface area contributed by atoms with Gasteiger partial charge in [-0.15, -0.1) is 0 Å². The zero-order valence-electron chi connectivity index (χ0n) is 18.8. The largest absolute Gasteiger partial charge is 0.490 e. The van der Waals surface area contributed by atoms with Gasteiger partial charge in [-0.1, -0.05) is 54.6 Å². The second-order valence-electron chi connectivity index (χ2n) is 8.67. The highest BCUT2D eigenvalue weighted by atomic mass is 16.5. The summed E-state index contributed by atoms with van der Waals surface area (Å²) in [6.45, 7) is 2.35. The van der Waals surface area contributed by atoms with Crippen LogP contribution in [0.1, 0.15) is 40.1 Å². The molecule has 7 heteroatoms. The summed E-state index contributed by atoms with van der Waals surface area (Å²) in [5, 5.41) is 10.2. The normalized spacial score (nSPS) is 21.1. The number of amides is 2. The van der Waals surface area contributed by atoms with Gasteiger partial charge in [-0.2, -0.15) is 10.1 Å². The Morgan fingerprint density at radius 3 is 2.50 bits per heavy atom. The Hall–Kier alpha value is -3.97. The zero-order valence-corrected chi connectivity index (χ0v) is 18.8. The number of hydrogen-bond acceptors (Lipinski definition) is 5. The number of fused-ring (bicyclic) bond motifs is 6. The molecule has 0 aromatic heterocycles. The van der Waals surface area contributed by atoms with Gasteiger partial charge in [0.15, 0.2) is 6.17 Å². The molecule has 3 aliphatic heterocycles. The molecule has 3 heterocycles. The summed E-state index contributed by atoms with van der Waals surface area (Å²) in [5.41, 5.74) is 4.17. The van der Waals surface area contributed by atoms with E-state index in [9.17, 15) is 9.59 Å². The summed E-state index contributed by atoms with van der Waals surface area (Å²) in [6.07, 6.45) is 0.233. The fourth-order valence-corrected chi connectivity index (χ4v) is 5.12. The van der Waals surface area contributed by atoms with Crippen LogP contribution in [0.5, 0.6) is 5.75 Å². The Labute approximate surface area is 197 Å². The number of para-hydroxylation sites is 1. The molecule has 3 aromatic carbocycles. The highest BCUT2D eigenvalue weighted by Gasteiger charge is 2.47. The van der Waals surface area contributed by atoms with Gasteiger partial charge in [0.2, 0.25) is 5.91 Å². The lowest BCUT2D eigenvalue weighted by atomic mass is 9.96. The molecular formula is C27H24N4O3. The minimum Gasteiger partial charge on any atom is -0.490 e. The molecule has 0 aliphatic carbocycles. The van der Waals surface area contributed by atoms with Gasteiger partial charge in [-0.05, 0) is 41.8 Å². The molecule has 0 radical (unpaired) electrons. The zero-order chi connectivity index (χ0) is 23.2. The van der Waals surface area contributed by atoms with Gasteiger partial charge in [0.05, 0.1) is 5.71 Å². The standard InChI is InChI=1S/C27H24N4O3/c1-18(32)30-26-21-12-6-5-9-19(21)15-16-29(26)31(27(33)20-10-3-2-4-11-20)23-17-34-24-14-8-7-13-22(24)25(23)28-30/h2-14,23,26H,15-17H2,1H3/t23-,26-/m0/s1. The van der Waals surface area contributed by atoms with Crippen LogP contribution in [0.3, 0.4) is 0 Å². The van der Waals surface area contributed by atoms with E-state index >= 15 is 0 Å². The number of nitrogens with zero attached hydrogens (tertiary/aromatic N) is 4. The lowest BCUT2D eigenvalue weighted by Crippen LogP contribution is -2.60. The third kappa shape index (κ3) is 3.20. The van der Waals surface area contributed by atoms with Gasteiger partial charge in [0.25, 0.3) is 5.91 Å². The van der Waals surface area contributed by atoms with Crippen LogP contribution in [0, 0.1) is 0 Å². The van der Waals surface area contributed by atoms with Gasteiger partial charge in [-0.25, -0.2) is 5.01 Å². The summed E-state index contributed by atoms with van der Waals surface area (Å²) in [5.74, 6) is 0.375. The number of rotatable bonds is 1. The van der Waals surface area contributed by atoms with E-state index in [0.29, 0.717) is 23.6 Å². The van der Waals surface area contributed by atoms with Crippen molar-refractivity contribution in [3.63, 3.8) is 0 Å². The van der Waals surface area contributed by atoms with Crippen LogP contribution < -0.4 is 4.74 Å². The summed E-state index contributed by atoms with van der Waals surface area (Å²) in [7, 11) is 0. The van der Waals surface area contributed by atoms with E-state index in [1.807, 2.05) is 77.8 Å². The van der Waals surface area contributed by atoms with Crippen molar-refractivity contribution in [2.45, 2.75) is 25.6 Å². The lowest BCUT2D eigenvalue weighted by molar-refractivity contribution is -0.147. The number of hydrazone groups is 1. The number of benzene rings is 3. The van der Waals surface area contributed by atoms with Crippen molar-refractivity contribution in [3.8, 4) is 5.75 Å². The molecule has 3 aromatic rings. The summed E-state index contributed by atoms with van der Waals surface area (Å²) >= 11 is 0. The molecule has 34 heavy (non-hydrogen) atoms. The molecule has 0 bridgehead atoms. The molecule has 7 nitrogen and oxygen atoms in total. The van der Waals surface area contributed by atoms with Crippen LogP contribution in [-0.4, -0.2) is 51.7 Å². The first-order valence-corrected chi connectivity index (χ1v) is 11.5. The molecular weight excluding hydrogens is 428 g/mol. The number of carbonyl (C=O) groups excluding carboxylic acids is 2.